The lowest BCUT2D eigenvalue weighted by atomic mass is 10.0. The molecule has 0 fully saturated rings. The van der Waals surface area contributed by atoms with E-state index in [0.717, 1.165) is 15.8 Å². The standard InChI is InChI=1S/C23H18FN5O2S.C2HF3O2/c1-2-25-22(31)27-13-4-3-5-14(11-13)32-23-28-19-15-7-6-12(24)10-17(15)18-16(20(19)29-23)8-9-26-21(18)30;3-2(4,5)1(6)7/h3-11H,2H2,1H3,(H,26,30)(H,28,29)(H2,25,27,31);(H,6,7). The van der Waals surface area contributed by atoms with Crippen LogP contribution in [0.5, 0.6) is 0 Å². The average Bonchev–Trinajstić information content (AvgIpc) is 3.28. The Bertz CT molecular complexity index is 1770. The Hall–Kier alpha value is -4.59. The molecule has 5 rings (SSSR count). The van der Waals surface area contributed by atoms with Gasteiger partial charge in [-0.2, -0.15) is 13.2 Å². The summed E-state index contributed by atoms with van der Waals surface area (Å²) in [7, 11) is 0. The number of hydrogen-bond acceptors (Lipinski definition) is 5. The van der Waals surface area contributed by atoms with Crippen molar-refractivity contribution in [3.05, 3.63) is 70.9 Å². The van der Waals surface area contributed by atoms with E-state index in [4.69, 9.17) is 14.9 Å². The van der Waals surface area contributed by atoms with Crippen molar-refractivity contribution in [1.29, 1.82) is 0 Å². The first kappa shape index (κ1) is 27.4. The lowest BCUT2D eigenvalue weighted by Gasteiger charge is -2.07. The van der Waals surface area contributed by atoms with Gasteiger partial charge in [-0.05, 0) is 49.4 Å². The second-order valence-electron chi connectivity index (χ2n) is 7.97. The molecule has 14 heteroatoms. The predicted octanol–water partition coefficient (Wildman–Crippen LogP) is 5.62. The summed E-state index contributed by atoms with van der Waals surface area (Å²) in [5.74, 6) is -3.17. The topological polar surface area (TPSA) is 140 Å². The fraction of sp³-hybridized carbons (Fsp3) is 0.120. The van der Waals surface area contributed by atoms with E-state index in [-0.39, 0.29) is 11.6 Å². The first-order valence-corrected chi connectivity index (χ1v) is 12.0. The molecule has 9 nitrogen and oxygen atoms in total. The summed E-state index contributed by atoms with van der Waals surface area (Å²) in [6.07, 6.45) is -3.52. The molecule has 0 saturated heterocycles. The molecular weight excluding hydrogens is 542 g/mol. The van der Waals surface area contributed by atoms with Crippen molar-refractivity contribution in [3.63, 3.8) is 0 Å². The van der Waals surface area contributed by atoms with Crippen LogP contribution in [0.15, 0.2) is 69.6 Å². The van der Waals surface area contributed by atoms with E-state index in [1.54, 1.807) is 24.4 Å². The highest BCUT2D eigenvalue weighted by Crippen LogP contribution is 2.35. The van der Waals surface area contributed by atoms with Gasteiger partial charge in [-0.15, -0.1) is 0 Å². The monoisotopic (exact) mass is 561 g/mol. The molecule has 39 heavy (non-hydrogen) atoms. The van der Waals surface area contributed by atoms with E-state index in [9.17, 15) is 27.2 Å². The zero-order valence-electron chi connectivity index (χ0n) is 19.9. The number of aromatic nitrogens is 3. The van der Waals surface area contributed by atoms with Gasteiger partial charge in [0.05, 0.1) is 16.4 Å². The predicted molar refractivity (Wildman–Crippen MR) is 139 cm³/mol. The third-order valence-electron chi connectivity index (χ3n) is 5.30. The summed E-state index contributed by atoms with van der Waals surface area (Å²) in [6, 6.07) is 13.3. The minimum Gasteiger partial charge on any atom is -0.475 e. The van der Waals surface area contributed by atoms with Crippen molar-refractivity contribution in [1.82, 2.24) is 20.3 Å². The number of amides is 2. The van der Waals surface area contributed by atoms with E-state index in [2.05, 4.69) is 20.6 Å². The quantitative estimate of drug-likeness (QED) is 0.143. The van der Waals surface area contributed by atoms with Crippen LogP contribution in [0.25, 0.3) is 32.6 Å². The molecule has 0 radical (unpaired) electrons. The maximum atomic E-state index is 14.0. The molecule has 2 aromatic heterocycles. The number of alkyl halides is 3. The molecule has 0 saturated carbocycles. The highest BCUT2D eigenvalue weighted by atomic mass is 32.2. The van der Waals surface area contributed by atoms with Gasteiger partial charge in [-0.1, -0.05) is 17.8 Å². The Balaban J connectivity index is 0.000000448. The molecule has 2 heterocycles. The van der Waals surface area contributed by atoms with Gasteiger partial charge in [0.2, 0.25) is 0 Å². The highest BCUT2D eigenvalue weighted by Gasteiger charge is 2.38. The Morgan fingerprint density at radius 2 is 1.82 bits per heavy atom. The Morgan fingerprint density at radius 1 is 1.08 bits per heavy atom. The van der Waals surface area contributed by atoms with Gasteiger partial charge in [-0.25, -0.2) is 19.0 Å². The van der Waals surface area contributed by atoms with Gasteiger partial charge < -0.3 is 25.7 Å². The number of carboxylic acid groups (broad SMARTS) is 1. The fourth-order valence-corrected chi connectivity index (χ4v) is 4.60. The van der Waals surface area contributed by atoms with E-state index in [1.807, 2.05) is 25.1 Å². The summed E-state index contributed by atoms with van der Waals surface area (Å²) in [6.45, 7) is 2.39. The van der Waals surface area contributed by atoms with Gasteiger partial charge in [0.25, 0.3) is 5.56 Å². The van der Waals surface area contributed by atoms with Crippen LogP contribution in [0.4, 0.5) is 28.0 Å². The molecule has 5 aromatic rings. The van der Waals surface area contributed by atoms with E-state index in [1.165, 1.54) is 23.9 Å². The third-order valence-corrected chi connectivity index (χ3v) is 6.18. The summed E-state index contributed by atoms with van der Waals surface area (Å²) in [5.41, 5.74) is 1.75. The number of nitrogens with zero attached hydrogens (tertiary/aromatic N) is 1. The number of H-pyrrole nitrogens is 2. The van der Waals surface area contributed by atoms with Crippen LogP contribution in [-0.4, -0.2) is 44.8 Å². The van der Waals surface area contributed by atoms with Gasteiger partial charge >= 0.3 is 18.2 Å². The number of fused-ring (bicyclic) bond motifs is 6. The molecule has 0 atom stereocenters. The highest BCUT2D eigenvalue weighted by molar-refractivity contribution is 7.99. The number of benzene rings is 3. The van der Waals surface area contributed by atoms with Crippen LogP contribution in [0.2, 0.25) is 0 Å². The number of pyridine rings is 1. The number of halogens is 4. The van der Waals surface area contributed by atoms with Crippen LogP contribution < -0.4 is 16.2 Å². The molecule has 2 amide bonds. The third kappa shape index (κ3) is 6.12. The second kappa shape index (κ2) is 11.0. The lowest BCUT2D eigenvalue weighted by Crippen LogP contribution is -2.28. The zero-order chi connectivity index (χ0) is 28.3. The van der Waals surface area contributed by atoms with Crippen molar-refractivity contribution in [3.8, 4) is 0 Å². The first-order valence-electron chi connectivity index (χ1n) is 11.2. The van der Waals surface area contributed by atoms with E-state index < -0.39 is 18.0 Å². The molecule has 202 valence electrons. The summed E-state index contributed by atoms with van der Waals surface area (Å²) in [4.78, 5) is 44.8. The van der Waals surface area contributed by atoms with Crippen LogP contribution >= 0.6 is 11.8 Å². The molecule has 0 aliphatic heterocycles. The molecular formula is C25H19F4N5O4S. The summed E-state index contributed by atoms with van der Waals surface area (Å²) >= 11 is 1.39. The Morgan fingerprint density at radius 3 is 2.51 bits per heavy atom. The van der Waals surface area contributed by atoms with Gasteiger partial charge in [0.1, 0.15) is 5.82 Å². The number of hydrogen-bond donors (Lipinski definition) is 5. The van der Waals surface area contributed by atoms with Crippen molar-refractivity contribution >= 4 is 62.0 Å². The van der Waals surface area contributed by atoms with Crippen LogP contribution in [-0.2, 0) is 4.79 Å². The molecule has 0 unspecified atom stereocenters. The molecule has 0 aliphatic carbocycles. The second-order valence-corrected chi connectivity index (χ2v) is 9.03. The minimum atomic E-state index is -5.08. The van der Waals surface area contributed by atoms with E-state index >= 15 is 0 Å². The number of anilines is 1. The van der Waals surface area contributed by atoms with Gasteiger partial charge in [0, 0.05) is 39.5 Å². The van der Waals surface area contributed by atoms with Gasteiger partial charge in [0.15, 0.2) is 5.16 Å². The number of imidazole rings is 1. The van der Waals surface area contributed by atoms with Crippen molar-refractivity contribution in [2.75, 3.05) is 11.9 Å². The molecule has 0 bridgehead atoms. The molecule has 0 spiro atoms. The number of carbonyl (C=O) groups is 2. The maximum Gasteiger partial charge on any atom is 0.490 e. The lowest BCUT2D eigenvalue weighted by molar-refractivity contribution is -0.192. The largest absolute Gasteiger partial charge is 0.490 e. The fourth-order valence-electron chi connectivity index (χ4n) is 3.76. The first-order chi connectivity index (χ1) is 18.5. The van der Waals surface area contributed by atoms with Crippen LogP contribution in [0.3, 0.4) is 0 Å². The normalized spacial score (nSPS) is 11.3. The minimum absolute atomic E-state index is 0.270. The number of nitrogens with one attached hydrogen (secondary N) is 4. The smallest absolute Gasteiger partial charge is 0.475 e. The molecule has 3 aromatic carbocycles. The Labute approximate surface area is 220 Å². The van der Waals surface area contributed by atoms with Crippen molar-refractivity contribution in [2.45, 2.75) is 23.2 Å². The van der Waals surface area contributed by atoms with E-state index in [0.29, 0.717) is 39.1 Å². The van der Waals surface area contributed by atoms with Crippen LogP contribution in [0, 0.1) is 5.82 Å². The van der Waals surface area contributed by atoms with Gasteiger partial charge in [-0.3, -0.25) is 4.79 Å². The van der Waals surface area contributed by atoms with Crippen molar-refractivity contribution < 1.29 is 32.3 Å². The average molecular weight is 562 g/mol. The van der Waals surface area contributed by atoms with Crippen LogP contribution in [0.1, 0.15) is 6.92 Å². The molecule has 5 N–H and O–H groups in total. The molecule has 0 aliphatic rings. The maximum absolute atomic E-state index is 14.0. The Kier molecular flexibility index (Phi) is 7.76. The number of aliphatic carboxylic acids is 1. The number of rotatable bonds is 4. The van der Waals surface area contributed by atoms with Crippen molar-refractivity contribution in [2.24, 2.45) is 0 Å². The SMILES string of the molecule is CCNC(=O)Nc1cccc(Sc2nc3c4cc[nH]c(=O)c4c4cc(F)ccc4c3[nH]2)c1.O=C(O)C(F)(F)F. The number of carbonyl (C=O) groups excluding carboxylic acids is 1. The number of carboxylic acids is 1. The summed E-state index contributed by atoms with van der Waals surface area (Å²) in [5, 5.41) is 15.5. The number of aromatic amines is 2. The number of urea groups is 1. The summed E-state index contributed by atoms with van der Waals surface area (Å²) < 4.78 is 45.7. The zero-order valence-corrected chi connectivity index (χ0v) is 20.8.